The van der Waals surface area contributed by atoms with Crippen LogP contribution in [0.2, 0.25) is 10.0 Å². The van der Waals surface area contributed by atoms with E-state index in [2.05, 4.69) is 15.3 Å². The molecule has 2 aromatic carbocycles. The number of amides is 2. The van der Waals surface area contributed by atoms with Crippen molar-refractivity contribution in [2.75, 3.05) is 17.3 Å². The number of fused-ring (bicyclic) bond motifs is 4. The standard InChI is InChI=1S/C29H26Cl2N6O4/c1-14(2)36-23-22(34-24(36)19-13-32-28(41-15(3)4)35-25(19)40-5)26(38)37(18-8-6-7-16(30)11-18)29(23)20-10-9-17(31)12-21(20)33-27(29)39/h6-15H,1-5H3,(H,33,39). The van der Waals surface area contributed by atoms with Crippen LogP contribution in [0.4, 0.5) is 11.4 Å². The number of ether oxygens (including phenoxy) is 2. The third-order valence-corrected chi connectivity index (χ3v) is 7.50. The summed E-state index contributed by atoms with van der Waals surface area (Å²) in [5, 5.41) is 3.82. The zero-order valence-corrected chi connectivity index (χ0v) is 24.4. The molecule has 6 rings (SSSR count). The number of aromatic nitrogens is 4. The van der Waals surface area contributed by atoms with Crippen molar-refractivity contribution in [1.82, 2.24) is 19.5 Å². The van der Waals surface area contributed by atoms with Gasteiger partial charge in [-0.15, -0.1) is 0 Å². The number of methoxy groups -OCH3 is 1. The Morgan fingerprint density at radius 1 is 1.00 bits per heavy atom. The highest BCUT2D eigenvalue weighted by Gasteiger charge is 2.64. The van der Waals surface area contributed by atoms with Crippen LogP contribution in [0.15, 0.2) is 48.7 Å². The summed E-state index contributed by atoms with van der Waals surface area (Å²) < 4.78 is 13.1. The molecule has 1 spiro atoms. The van der Waals surface area contributed by atoms with Crippen LogP contribution in [-0.2, 0) is 10.3 Å². The maximum absolute atomic E-state index is 14.4. The lowest BCUT2D eigenvalue weighted by molar-refractivity contribution is -0.119. The third-order valence-electron chi connectivity index (χ3n) is 7.03. The SMILES string of the molecule is COc1nc(OC(C)C)ncc1-c1nc2c(n1C(C)C)C1(C(=O)Nc3cc(Cl)ccc31)N(c1cccc(Cl)c1)C2=O. The summed E-state index contributed by atoms with van der Waals surface area (Å²) in [6, 6.07) is 11.9. The Balaban J connectivity index is 1.67. The van der Waals surface area contributed by atoms with E-state index >= 15 is 0 Å². The van der Waals surface area contributed by atoms with Crippen LogP contribution in [0.25, 0.3) is 11.4 Å². The molecule has 4 heterocycles. The van der Waals surface area contributed by atoms with E-state index in [0.717, 1.165) is 0 Å². The minimum absolute atomic E-state index is 0.121. The smallest absolute Gasteiger partial charge is 0.319 e. The van der Waals surface area contributed by atoms with Crippen LogP contribution in [0.3, 0.4) is 0 Å². The van der Waals surface area contributed by atoms with E-state index in [4.69, 9.17) is 37.7 Å². The molecule has 4 aromatic rings. The van der Waals surface area contributed by atoms with Gasteiger partial charge >= 0.3 is 6.01 Å². The van der Waals surface area contributed by atoms with Gasteiger partial charge < -0.3 is 19.4 Å². The largest absolute Gasteiger partial charge is 0.480 e. The molecule has 0 saturated carbocycles. The highest BCUT2D eigenvalue weighted by atomic mass is 35.5. The molecular weight excluding hydrogens is 567 g/mol. The summed E-state index contributed by atoms with van der Waals surface area (Å²) >= 11 is 12.7. The first-order valence-electron chi connectivity index (χ1n) is 13.0. The zero-order valence-electron chi connectivity index (χ0n) is 22.9. The van der Waals surface area contributed by atoms with Crippen LogP contribution >= 0.6 is 23.2 Å². The number of carbonyl (C=O) groups excluding carboxylic acids is 2. The highest BCUT2D eigenvalue weighted by Crippen LogP contribution is 2.54. The van der Waals surface area contributed by atoms with Gasteiger partial charge in [-0.2, -0.15) is 4.98 Å². The van der Waals surface area contributed by atoms with Crippen molar-refractivity contribution in [2.24, 2.45) is 0 Å². The molecule has 0 saturated heterocycles. The normalized spacial score (nSPS) is 17.4. The number of nitrogens with one attached hydrogen (secondary N) is 1. The molecule has 2 aromatic heterocycles. The van der Waals surface area contributed by atoms with Crippen molar-refractivity contribution in [3.63, 3.8) is 0 Å². The van der Waals surface area contributed by atoms with Gasteiger partial charge in [-0.1, -0.05) is 35.3 Å². The Bertz CT molecular complexity index is 1740. The molecule has 2 aliphatic rings. The van der Waals surface area contributed by atoms with Crippen molar-refractivity contribution in [3.8, 4) is 23.3 Å². The van der Waals surface area contributed by atoms with E-state index in [-0.39, 0.29) is 29.7 Å². The van der Waals surface area contributed by atoms with Crippen molar-refractivity contribution in [2.45, 2.75) is 45.4 Å². The van der Waals surface area contributed by atoms with E-state index in [1.54, 1.807) is 48.7 Å². The quantitative estimate of drug-likeness (QED) is 0.297. The summed E-state index contributed by atoms with van der Waals surface area (Å²) in [6.07, 6.45) is 1.41. The number of hydrogen-bond acceptors (Lipinski definition) is 7. The molecular formula is C29H26Cl2N6O4. The maximum Gasteiger partial charge on any atom is 0.319 e. The molecule has 1 atom stereocenters. The molecule has 0 aliphatic carbocycles. The molecule has 0 fully saturated rings. The second-order valence-electron chi connectivity index (χ2n) is 10.3. The van der Waals surface area contributed by atoms with Gasteiger partial charge in [-0.25, -0.2) is 9.97 Å². The summed E-state index contributed by atoms with van der Waals surface area (Å²) in [4.78, 5) is 43.7. The van der Waals surface area contributed by atoms with Gasteiger partial charge in [0.25, 0.3) is 11.8 Å². The summed E-state index contributed by atoms with van der Waals surface area (Å²) in [6.45, 7) is 7.64. The number of halogens is 2. The predicted octanol–water partition coefficient (Wildman–Crippen LogP) is 5.88. The molecule has 41 heavy (non-hydrogen) atoms. The van der Waals surface area contributed by atoms with Crippen LogP contribution in [-0.4, -0.2) is 44.5 Å². The van der Waals surface area contributed by atoms with Gasteiger partial charge in [0.15, 0.2) is 11.2 Å². The fourth-order valence-corrected chi connectivity index (χ4v) is 5.92. The molecule has 10 nitrogen and oxygen atoms in total. The first-order chi connectivity index (χ1) is 19.6. The third kappa shape index (κ3) is 3.96. The number of hydrogen-bond donors (Lipinski definition) is 1. The number of rotatable bonds is 6. The van der Waals surface area contributed by atoms with Crippen molar-refractivity contribution in [3.05, 3.63) is 75.7 Å². The van der Waals surface area contributed by atoms with E-state index in [1.807, 2.05) is 32.3 Å². The molecule has 2 amide bonds. The fraction of sp³-hybridized carbons (Fsp3) is 0.276. The Hall–Kier alpha value is -4.15. The second-order valence-corrected chi connectivity index (χ2v) is 11.2. The van der Waals surface area contributed by atoms with Crippen molar-refractivity contribution < 1.29 is 19.1 Å². The highest BCUT2D eigenvalue weighted by molar-refractivity contribution is 6.32. The molecule has 1 unspecified atom stereocenters. The van der Waals surface area contributed by atoms with Gasteiger partial charge in [0.1, 0.15) is 5.82 Å². The van der Waals surface area contributed by atoms with Gasteiger partial charge in [-0.3, -0.25) is 14.5 Å². The van der Waals surface area contributed by atoms with Gasteiger partial charge in [0, 0.05) is 39.2 Å². The Morgan fingerprint density at radius 3 is 2.44 bits per heavy atom. The van der Waals surface area contributed by atoms with E-state index in [0.29, 0.717) is 44.1 Å². The maximum atomic E-state index is 14.4. The van der Waals surface area contributed by atoms with Gasteiger partial charge in [-0.05, 0) is 58.0 Å². The number of anilines is 2. The minimum Gasteiger partial charge on any atom is -0.480 e. The van der Waals surface area contributed by atoms with Crippen LogP contribution in [0.5, 0.6) is 11.9 Å². The van der Waals surface area contributed by atoms with Crippen LogP contribution < -0.4 is 19.7 Å². The Labute approximate surface area is 246 Å². The molecule has 0 radical (unpaired) electrons. The van der Waals surface area contributed by atoms with E-state index in [1.165, 1.54) is 12.0 Å². The van der Waals surface area contributed by atoms with E-state index < -0.39 is 17.4 Å². The molecule has 2 aliphatic heterocycles. The summed E-state index contributed by atoms with van der Waals surface area (Å²) in [5.41, 5.74) is 0.902. The molecule has 210 valence electrons. The molecule has 12 heteroatoms. The lowest BCUT2D eigenvalue weighted by Crippen LogP contribution is -2.51. The number of benzene rings is 2. The monoisotopic (exact) mass is 592 g/mol. The van der Waals surface area contributed by atoms with E-state index in [9.17, 15) is 9.59 Å². The topological polar surface area (TPSA) is 111 Å². The average Bonchev–Trinajstić information content (AvgIpc) is 3.52. The first-order valence-corrected chi connectivity index (χ1v) is 13.8. The van der Waals surface area contributed by atoms with Crippen molar-refractivity contribution in [1.29, 1.82) is 0 Å². The molecule has 1 N–H and O–H groups in total. The predicted molar refractivity (Wildman–Crippen MR) is 155 cm³/mol. The van der Waals surface area contributed by atoms with Crippen molar-refractivity contribution >= 4 is 46.4 Å². The molecule has 0 bridgehead atoms. The van der Waals surface area contributed by atoms with Gasteiger partial charge in [0.2, 0.25) is 5.88 Å². The lowest BCUT2D eigenvalue weighted by atomic mass is 9.87. The minimum atomic E-state index is -1.60. The first kappa shape index (κ1) is 27.0. The lowest BCUT2D eigenvalue weighted by Gasteiger charge is -2.35. The van der Waals surface area contributed by atoms with Crippen LogP contribution in [0, 0.1) is 0 Å². The average molecular weight is 593 g/mol. The Morgan fingerprint density at radius 2 is 1.76 bits per heavy atom. The second kappa shape index (κ2) is 9.74. The number of imidazole rings is 1. The van der Waals surface area contributed by atoms with Gasteiger partial charge in [0.05, 0.1) is 24.5 Å². The summed E-state index contributed by atoms with van der Waals surface area (Å²) in [7, 11) is 1.49. The summed E-state index contributed by atoms with van der Waals surface area (Å²) in [5.74, 6) is -0.274. The fourth-order valence-electron chi connectivity index (χ4n) is 5.57. The number of carbonyl (C=O) groups is 2. The Kier molecular flexibility index (Phi) is 6.43. The zero-order chi connectivity index (χ0) is 29.2. The number of nitrogens with zero attached hydrogens (tertiary/aromatic N) is 5. The van der Waals surface area contributed by atoms with Crippen LogP contribution in [0.1, 0.15) is 55.5 Å².